The van der Waals surface area contributed by atoms with Crippen molar-refractivity contribution in [1.29, 1.82) is 0 Å². The van der Waals surface area contributed by atoms with Crippen LogP contribution in [0.3, 0.4) is 0 Å². The third kappa shape index (κ3) is 6.11. The van der Waals surface area contributed by atoms with E-state index >= 15 is 0 Å². The molecule has 0 saturated carbocycles. The van der Waals surface area contributed by atoms with Crippen molar-refractivity contribution in [3.63, 3.8) is 0 Å². The van der Waals surface area contributed by atoms with E-state index in [1.807, 2.05) is 0 Å². The summed E-state index contributed by atoms with van der Waals surface area (Å²) in [4.78, 5) is 0. The summed E-state index contributed by atoms with van der Waals surface area (Å²) in [6, 6.07) is 38.5. The molecule has 0 atom stereocenters. The minimum absolute atomic E-state index is 0. The van der Waals surface area contributed by atoms with Gasteiger partial charge in [0.05, 0.1) is 8.07 Å². The first-order chi connectivity index (χ1) is 19.3. The zero-order valence-corrected chi connectivity index (χ0v) is 32.0. The van der Waals surface area contributed by atoms with E-state index in [0.717, 1.165) is 0 Å². The number of hydrogen-bond acceptors (Lipinski definition) is 0. The maximum Gasteiger partial charge on any atom is 4.00 e. The van der Waals surface area contributed by atoms with Crippen molar-refractivity contribution in [3.8, 4) is 22.3 Å². The predicted octanol–water partition coefficient (Wildman–Crippen LogP) is 10.9. The molecule has 0 aliphatic rings. The molecule has 0 fully saturated rings. The maximum absolute atomic E-state index is 2.61. The quantitative estimate of drug-likeness (QED) is 0.113. The van der Waals surface area contributed by atoms with Crippen LogP contribution in [0.2, 0.25) is 12.6 Å². The first-order valence-corrected chi connectivity index (χ1v) is 17.6. The van der Waals surface area contributed by atoms with Crippen LogP contribution in [-0.4, -0.2) is 8.07 Å². The summed E-state index contributed by atoms with van der Waals surface area (Å²) < 4.78 is 0. The Morgan fingerprint density at radius 2 is 0.977 bits per heavy atom. The Labute approximate surface area is 280 Å². The van der Waals surface area contributed by atoms with E-state index in [-0.39, 0.29) is 40.7 Å². The van der Waals surface area contributed by atoms with Crippen LogP contribution in [0.4, 0.5) is 0 Å². The smallest absolute Gasteiger partial charge is 0.358 e. The number of hydrogen-bond donors (Lipinski definition) is 0. The van der Waals surface area contributed by atoms with Gasteiger partial charge in [0.15, 0.2) is 0 Å². The monoisotopic (exact) mass is 746 g/mol. The van der Waals surface area contributed by atoms with Gasteiger partial charge in [0.1, 0.15) is 0 Å². The average molecular weight is 745 g/mol. The summed E-state index contributed by atoms with van der Waals surface area (Å²) in [6.07, 6.45) is 2.49. The Kier molecular flexibility index (Phi) is 11.2. The Hall–Kier alpha value is -2.81. The van der Waals surface area contributed by atoms with Gasteiger partial charge in [-0.25, -0.2) is 0 Å². The summed E-state index contributed by atoms with van der Waals surface area (Å²) in [5.74, 6) is 0. The molecule has 0 aliphatic carbocycles. The molecule has 218 valence electrons. The van der Waals surface area contributed by atoms with Gasteiger partial charge in [-0.05, 0) is 61.1 Å². The van der Waals surface area contributed by atoms with Crippen LogP contribution in [0.25, 0.3) is 43.8 Å². The van der Waals surface area contributed by atoms with Gasteiger partial charge < -0.3 is 14.9 Å². The van der Waals surface area contributed by atoms with Crippen LogP contribution >= 0.6 is 0 Å². The topological polar surface area (TPSA) is 0 Å². The van der Waals surface area contributed by atoms with Crippen molar-refractivity contribution < 1.29 is 25.8 Å². The molecule has 0 saturated heterocycles. The molecule has 0 radical (unpaired) electrons. The maximum atomic E-state index is 2.61. The Bertz CT molecular complexity index is 1720. The molecule has 43 heavy (non-hydrogen) atoms. The molecule has 6 rings (SSSR count). The van der Waals surface area contributed by atoms with Gasteiger partial charge in [-0.15, -0.1) is 68.3 Å². The second kappa shape index (κ2) is 13.9. The summed E-state index contributed by atoms with van der Waals surface area (Å²) in [7, 11) is -1.99. The molecular weight excluding hydrogens is 699 g/mol. The van der Waals surface area contributed by atoms with Gasteiger partial charge in [-0.3, -0.25) is 0 Å². The van der Waals surface area contributed by atoms with E-state index in [4.69, 9.17) is 0 Å². The first-order valence-electron chi connectivity index (χ1n) is 14.8. The normalized spacial score (nSPS) is 11.2. The van der Waals surface area contributed by atoms with E-state index in [9.17, 15) is 0 Å². The molecule has 0 aromatic heterocycles. The van der Waals surface area contributed by atoms with Crippen LogP contribution in [-0.2, 0) is 25.8 Å². The minimum atomic E-state index is -1.99. The zero-order chi connectivity index (χ0) is 28.0. The van der Waals surface area contributed by atoms with Crippen LogP contribution in [0.1, 0.15) is 42.0 Å². The number of rotatable bonds is 7. The summed E-state index contributed by atoms with van der Waals surface area (Å²) in [5, 5.41) is 8.67. The molecule has 2 heteroatoms. The molecular formula is C41H46HfSi. The Balaban J connectivity index is 0.00000169. The van der Waals surface area contributed by atoms with Crippen LogP contribution in [0.15, 0.2) is 97.1 Å². The molecule has 0 bridgehead atoms. The van der Waals surface area contributed by atoms with E-state index in [1.165, 1.54) is 84.9 Å². The van der Waals surface area contributed by atoms with Crippen LogP contribution in [0.5, 0.6) is 0 Å². The van der Waals surface area contributed by atoms with Gasteiger partial charge in [-0.1, -0.05) is 92.0 Å². The molecule has 0 nitrogen and oxygen atoms in total. The second-order valence-corrected chi connectivity index (χ2v) is 16.4. The third-order valence-corrected chi connectivity index (χ3v) is 14.1. The fraction of sp³-hybridized carbons (Fsp3) is 0.220. The van der Waals surface area contributed by atoms with Crippen LogP contribution < -0.4 is 10.4 Å². The van der Waals surface area contributed by atoms with E-state index in [1.54, 1.807) is 10.4 Å². The van der Waals surface area contributed by atoms with Crippen molar-refractivity contribution in [3.05, 3.63) is 134 Å². The standard InChI is InChI=1S/C39H40Si.2CH3.Hf/c1-7-8-21-40(6,32-22-30-15-11-19-36(38(30)24-32)34-17-9-13-26(2)28(34)4)33-23-31-16-12-20-37(39(31)25-33)35-18-10-14-27(3)29(35)5;;;/h9-20,22-25H,7-8,21H2,1-6H3;2*1H3;/q-2;2*-1;+4. The van der Waals surface area contributed by atoms with E-state index in [0.29, 0.717) is 0 Å². The molecule has 6 aromatic rings. The van der Waals surface area contributed by atoms with E-state index in [2.05, 4.69) is 138 Å². The number of benzene rings is 4. The number of fused-ring (bicyclic) bond motifs is 2. The van der Waals surface area contributed by atoms with Crippen molar-refractivity contribution in [1.82, 2.24) is 0 Å². The fourth-order valence-electron chi connectivity index (χ4n) is 6.65. The van der Waals surface area contributed by atoms with Crippen molar-refractivity contribution in [2.24, 2.45) is 0 Å². The first kappa shape index (κ1) is 34.7. The number of aryl methyl sites for hydroxylation is 2. The fourth-order valence-corrected chi connectivity index (χ4v) is 10.5. The van der Waals surface area contributed by atoms with Crippen molar-refractivity contribution >= 4 is 40.0 Å². The summed E-state index contributed by atoms with van der Waals surface area (Å²) in [6.45, 7) is 13.9. The zero-order valence-electron chi connectivity index (χ0n) is 27.4. The Morgan fingerprint density at radius 3 is 1.40 bits per heavy atom. The van der Waals surface area contributed by atoms with Gasteiger partial charge in [0, 0.05) is 0 Å². The molecule has 0 N–H and O–H groups in total. The molecule has 0 unspecified atom stereocenters. The number of unbranched alkanes of at least 4 members (excludes halogenated alkanes) is 1. The predicted molar refractivity (Wildman–Crippen MR) is 192 cm³/mol. The summed E-state index contributed by atoms with van der Waals surface area (Å²) in [5.41, 5.74) is 10.9. The molecule has 0 amide bonds. The largest absolute Gasteiger partial charge is 4.00 e. The summed E-state index contributed by atoms with van der Waals surface area (Å²) >= 11 is 0. The SMILES string of the molecule is CCCC[Si](C)(c1cc2c(-c3cccc(C)c3C)cccc2[cH-]1)c1cc2c(-c3cccc(C)c3C)cccc2[cH-]1.[CH3-].[CH3-].[Hf+4]. The van der Waals surface area contributed by atoms with Gasteiger partial charge >= 0.3 is 25.8 Å². The van der Waals surface area contributed by atoms with Gasteiger partial charge in [0.2, 0.25) is 0 Å². The van der Waals surface area contributed by atoms with Gasteiger partial charge in [0.25, 0.3) is 0 Å². The molecule has 0 aliphatic heterocycles. The molecule has 0 spiro atoms. The minimum Gasteiger partial charge on any atom is -0.358 e. The third-order valence-electron chi connectivity index (χ3n) is 9.60. The van der Waals surface area contributed by atoms with Crippen molar-refractivity contribution in [2.45, 2.75) is 60.1 Å². The average Bonchev–Trinajstić information content (AvgIpc) is 3.60. The van der Waals surface area contributed by atoms with Gasteiger partial charge in [-0.2, -0.15) is 12.1 Å². The second-order valence-electron chi connectivity index (χ2n) is 12.0. The molecule has 0 heterocycles. The molecule has 6 aromatic carbocycles. The Morgan fingerprint density at radius 1 is 0.581 bits per heavy atom. The van der Waals surface area contributed by atoms with Crippen LogP contribution in [0, 0.1) is 42.5 Å². The van der Waals surface area contributed by atoms with Crippen molar-refractivity contribution in [2.75, 3.05) is 0 Å². The van der Waals surface area contributed by atoms with E-state index < -0.39 is 8.07 Å².